The average molecular weight is 1170 g/mol. The van der Waals surface area contributed by atoms with Crippen molar-refractivity contribution in [3.05, 3.63) is 24.3 Å². The van der Waals surface area contributed by atoms with Crippen LogP contribution >= 0.6 is 0 Å². The van der Waals surface area contributed by atoms with E-state index < -0.39 is 6.10 Å². The summed E-state index contributed by atoms with van der Waals surface area (Å²) in [5.41, 5.74) is 0. The van der Waals surface area contributed by atoms with Crippen LogP contribution in [0.2, 0.25) is 0 Å². The topological polar surface area (TPSA) is 78.9 Å². The Labute approximate surface area is 519 Å². The number of allylic oxidation sites excluding steroid dienone is 4. The van der Waals surface area contributed by atoms with Gasteiger partial charge in [-0.15, -0.1) is 0 Å². The van der Waals surface area contributed by atoms with Gasteiger partial charge in [0.05, 0.1) is 0 Å². The molecule has 83 heavy (non-hydrogen) atoms. The summed E-state index contributed by atoms with van der Waals surface area (Å²) in [6.45, 7) is 6.71. The summed E-state index contributed by atoms with van der Waals surface area (Å²) in [4.78, 5) is 38.5. The number of carbonyl (C=O) groups excluding carboxylic acids is 3. The summed E-state index contributed by atoms with van der Waals surface area (Å²) in [7, 11) is 0. The van der Waals surface area contributed by atoms with E-state index in [9.17, 15) is 14.4 Å². The molecule has 0 aromatic heterocycles. The summed E-state index contributed by atoms with van der Waals surface area (Å²) in [6, 6.07) is 0. The van der Waals surface area contributed by atoms with E-state index in [2.05, 4.69) is 45.1 Å². The standard InChI is InChI=1S/C77H146O6/c1-4-7-10-13-16-19-22-25-28-31-33-35-37-38-40-41-43-46-49-52-55-58-61-64-67-70-76(79)82-73-74(72-81-75(78)69-66-63-60-57-54-51-48-45-30-27-24-21-18-15-12-9-6-3)83-77(80)71-68-65-62-59-56-53-50-47-44-42-39-36-34-32-29-26-23-20-17-14-11-8-5-2/h18,21,27,30,74H,4-17,19-20,22-26,28-29,31-73H2,1-3H3/b21-18-,30-27-. The zero-order chi connectivity index (χ0) is 59.9. The molecule has 1 unspecified atom stereocenters. The van der Waals surface area contributed by atoms with Crippen LogP contribution in [0.15, 0.2) is 24.3 Å². The molecule has 0 radical (unpaired) electrons. The smallest absolute Gasteiger partial charge is 0.306 e. The highest BCUT2D eigenvalue weighted by molar-refractivity contribution is 5.71. The molecule has 6 heteroatoms. The fourth-order valence-electron chi connectivity index (χ4n) is 11.8. The predicted molar refractivity (Wildman–Crippen MR) is 363 cm³/mol. The largest absolute Gasteiger partial charge is 0.462 e. The maximum Gasteiger partial charge on any atom is 0.306 e. The first-order valence-electron chi connectivity index (χ1n) is 37.8. The zero-order valence-corrected chi connectivity index (χ0v) is 56.5. The Bertz CT molecular complexity index is 1340. The lowest BCUT2D eigenvalue weighted by Crippen LogP contribution is -2.30. The summed E-state index contributed by atoms with van der Waals surface area (Å²) in [6.07, 6.45) is 89.4. The van der Waals surface area contributed by atoms with Crippen LogP contribution in [0, 0.1) is 0 Å². The Balaban J connectivity index is 4.26. The number of hydrogen-bond acceptors (Lipinski definition) is 6. The van der Waals surface area contributed by atoms with Gasteiger partial charge < -0.3 is 14.2 Å². The highest BCUT2D eigenvalue weighted by Crippen LogP contribution is 2.20. The number of unbranched alkanes of at least 4 members (excludes halogenated alkanes) is 56. The van der Waals surface area contributed by atoms with Gasteiger partial charge in [0, 0.05) is 19.3 Å². The van der Waals surface area contributed by atoms with E-state index in [4.69, 9.17) is 14.2 Å². The molecule has 0 aliphatic heterocycles. The molecule has 0 rings (SSSR count). The number of rotatable bonds is 71. The van der Waals surface area contributed by atoms with Crippen molar-refractivity contribution in [2.24, 2.45) is 0 Å². The van der Waals surface area contributed by atoms with Crippen LogP contribution in [0.1, 0.15) is 432 Å². The fraction of sp³-hybridized carbons (Fsp3) is 0.909. The molecule has 0 aliphatic rings. The van der Waals surface area contributed by atoms with Crippen molar-refractivity contribution in [3.8, 4) is 0 Å². The van der Waals surface area contributed by atoms with E-state index >= 15 is 0 Å². The van der Waals surface area contributed by atoms with E-state index in [0.29, 0.717) is 19.3 Å². The van der Waals surface area contributed by atoms with Crippen molar-refractivity contribution in [2.45, 2.75) is 438 Å². The Morgan fingerprint density at radius 1 is 0.241 bits per heavy atom. The Hall–Kier alpha value is -2.11. The third-order valence-corrected chi connectivity index (χ3v) is 17.5. The molecular weight excluding hydrogens is 1020 g/mol. The van der Waals surface area contributed by atoms with Crippen LogP contribution < -0.4 is 0 Å². The lowest BCUT2D eigenvalue weighted by molar-refractivity contribution is -0.167. The average Bonchev–Trinajstić information content (AvgIpc) is 3.49. The Kier molecular flexibility index (Phi) is 70.5. The van der Waals surface area contributed by atoms with Crippen LogP contribution in [0.25, 0.3) is 0 Å². The van der Waals surface area contributed by atoms with Crippen LogP contribution in [0.5, 0.6) is 0 Å². The first-order valence-corrected chi connectivity index (χ1v) is 37.8. The molecule has 0 aromatic carbocycles. The van der Waals surface area contributed by atoms with Crippen molar-refractivity contribution in [1.82, 2.24) is 0 Å². The highest BCUT2D eigenvalue weighted by Gasteiger charge is 2.20. The zero-order valence-electron chi connectivity index (χ0n) is 56.5. The van der Waals surface area contributed by atoms with Gasteiger partial charge in [-0.3, -0.25) is 14.4 Å². The molecule has 0 spiro atoms. The molecule has 0 saturated heterocycles. The Morgan fingerprint density at radius 3 is 0.687 bits per heavy atom. The minimum absolute atomic E-state index is 0.0668. The molecule has 0 heterocycles. The molecule has 0 aliphatic carbocycles. The monoisotopic (exact) mass is 1170 g/mol. The number of esters is 3. The van der Waals surface area contributed by atoms with Crippen LogP contribution in [0.3, 0.4) is 0 Å². The van der Waals surface area contributed by atoms with Gasteiger partial charge in [-0.1, -0.05) is 385 Å². The van der Waals surface area contributed by atoms with Gasteiger partial charge in [-0.25, -0.2) is 0 Å². The molecular formula is C77H146O6. The third-order valence-electron chi connectivity index (χ3n) is 17.5. The minimum atomic E-state index is -0.772. The van der Waals surface area contributed by atoms with Crippen molar-refractivity contribution < 1.29 is 28.6 Å². The third kappa shape index (κ3) is 70.5. The van der Waals surface area contributed by atoms with Crippen LogP contribution in [-0.4, -0.2) is 37.2 Å². The molecule has 0 aromatic rings. The molecule has 0 fully saturated rings. The summed E-state index contributed by atoms with van der Waals surface area (Å²) < 4.78 is 17.0. The minimum Gasteiger partial charge on any atom is -0.462 e. The fourth-order valence-corrected chi connectivity index (χ4v) is 11.8. The summed E-state index contributed by atoms with van der Waals surface area (Å²) in [5, 5.41) is 0. The summed E-state index contributed by atoms with van der Waals surface area (Å²) >= 11 is 0. The van der Waals surface area contributed by atoms with E-state index in [-0.39, 0.29) is 31.1 Å². The molecule has 0 N–H and O–H groups in total. The Morgan fingerprint density at radius 2 is 0.434 bits per heavy atom. The van der Waals surface area contributed by atoms with E-state index in [1.54, 1.807) is 0 Å². The van der Waals surface area contributed by atoms with Gasteiger partial charge in [0.1, 0.15) is 13.2 Å². The van der Waals surface area contributed by atoms with Gasteiger partial charge >= 0.3 is 17.9 Å². The molecule has 6 nitrogen and oxygen atoms in total. The first kappa shape index (κ1) is 80.9. The first-order chi connectivity index (χ1) is 41.0. The molecule has 0 amide bonds. The number of carbonyl (C=O) groups is 3. The van der Waals surface area contributed by atoms with Gasteiger partial charge in [-0.05, 0) is 51.4 Å². The number of hydrogen-bond donors (Lipinski definition) is 0. The predicted octanol–water partition coefficient (Wildman–Crippen LogP) is 26.1. The maximum absolute atomic E-state index is 13.0. The maximum atomic E-state index is 13.0. The van der Waals surface area contributed by atoms with Gasteiger partial charge in [0.25, 0.3) is 0 Å². The van der Waals surface area contributed by atoms with Gasteiger partial charge in [-0.2, -0.15) is 0 Å². The van der Waals surface area contributed by atoms with Crippen LogP contribution in [-0.2, 0) is 28.6 Å². The lowest BCUT2D eigenvalue weighted by atomic mass is 10.0. The molecule has 490 valence electrons. The lowest BCUT2D eigenvalue weighted by Gasteiger charge is -2.18. The second-order valence-electron chi connectivity index (χ2n) is 25.9. The molecule has 1 atom stereocenters. The van der Waals surface area contributed by atoms with Crippen molar-refractivity contribution in [3.63, 3.8) is 0 Å². The highest BCUT2D eigenvalue weighted by atomic mass is 16.6. The molecule has 0 bridgehead atoms. The molecule has 0 saturated carbocycles. The quantitative estimate of drug-likeness (QED) is 0.0261. The van der Waals surface area contributed by atoms with Gasteiger partial charge in [0.15, 0.2) is 6.10 Å². The van der Waals surface area contributed by atoms with Crippen molar-refractivity contribution in [1.29, 1.82) is 0 Å². The van der Waals surface area contributed by atoms with Gasteiger partial charge in [0.2, 0.25) is 0 Å². The van der Waals surface area contributed by atoms with Crippen molar-refractivity contribution >= 4 is 17.9 Å². The summed E-state index contributed by atoms with van der Waals surface area (Å²) in [5.74, 6) is -0.837. The SMILES string of the molecule is CCCCC/C=C\C/C=C\CCCCCCCCCC(=O)OCC(COC(=O)CCCCCCCCCCCCCCCCCCCCCCCCCCC)OC(=O)CCCCCCCCCCCCCCCCCCCCCCCCC. The number of ether oxygens (including phenoxy) is 3. The van der Waals surface area contributed by atoms with E-state index in [1.165, 1.54) is 321 Å². The van der Waals surface area contributed by atoms with E-state index in [1.807, 2.05) is 0 Å². The second kappa shape index (κ2) is 72.4. The second-order valence-corrected chi connectivity index (χ2v) is 25.9. The van der Waals surface area contributed by atoms with Crippen LogP contribution in [0.4, 0.5) is 0 Å². The normalized spacial score (nSPS) is 12.1. The van der Waals surface area contributed by atoms with E-state index in [0.717, 1.165) is 70.6 Å². The van der Waals surface area contributed by atoms with Crippen molar-refractivity contribution in [2.75, 3.05) is 13.2 Å².